The zero-order chi connectivity index (χ0) is 18.1. The molecule has 0 radical (unpaired) electrons. The minimum atomic E-state index is -0.310. The molecular formula is C19H14FN3O2S. The Balaban J connectivity index is 1.46. The Morgan fingerprint density at radius 2 is 2.12 bits per heavy atom. The van der Waals surface area contributed by atoms with Crippen molar-refractivity contribution in [1.82, 2.24) is 9.97 Å². The Labute approximate surface area is 152 Å². The van der Waals surface area contributed by atoms with Gasteiger partial charge in [0.15, 0.2) is 11.5 Å². The third-order valence-corrected chi connectivity index (χ3v) is 4.68. The van der Waals surface area contributed by atoms with Crippen LogP contribution in [0.5, 0.6) is 0 Å². The number of halogens is 1. The zero-order valence-electron chi connectivity index (χ0n) is 13.8. The van der Waals surface area contributed by atoms with Gasteiger partial charge in [-0.3, -0.25) is 4.79 Å². The molecule has 0 spiro atoms. The molecule has 2 heterocycles. The quantitative estimate of drug-likeness (QED) is 0.573. The van der Waals surface area contributed by atoms with Crippen molar-refractivity contribution in [3.05, 3.63) is 65.2 Å². The molecule has 0 atom stereocenters. The maximum Gasteiger partial charge on any atom is 0.230 e. The average Bonchev–Trinajstić information content (AvgIpc) is 3.20. The minimum absolute atomic E-state index is 0.141. The average molecular weight is 367 g/mol. The van der Waals surface area contributed by atoms with Gasteiger partial charge < -0.3 is 9.73 Å². The fraction of sp³-hybridized carbons (Fsp3) is 0.105. The lowest BCUT2D eigenvalue weighted by molar-refractivity contribution is -0.115. The van der Waals surface area contributed by atoms with E-state index in [9.17, 15) is 9.18 Å². The predicted molar refractivity (Wildman–Crippen MR) is 98.6 cm³/mol. The van der Waals surface area contributed by atoms with Gasteiger partial charge in [0.2, 0.25) is 5.91 Å². The van der Waals surface area contributed by atoms with Gasteiger partial charge in [0.1, 0.15) is 16.3 Å². The molecule has 2 aromatic heterocycles. The third kappa shape index (κ3) is 3.48. The highest BCUT2D eigenvalue weighted by atomic mass is 32.1. The Kier molecular flexibility index (Phi) is 4.22. The maximum absolute atomic E-state index is 13.3. The second-order valence-electron chi connectivity index (χ2n) is 5.79. The number of amides is 1. The van der Waals surface area contributed by atoms with Gasteiger partial charge in [-0.2, -0.15) is 0 Å². The summed E-state index contributed by atoms with van der Waals surface area (Å²) in [7, 11) is 0. The zero-order valence-corrected chi connectivity index (χ0v) is 14.6. The van der Waals surface area contributed by atoms with Crippen molar-refractivity contribution < 1.29 is 13.6 Å². The van der Waals surface area contributed by atoms with Gasteiger partial charge in [-0.05, 0) is 30.3 Å². The lowest BCUT2D eigenvalue weighted by atomic mass is 10.2. The summed E-state index contributed by atoms with van der Waals surface area (Å²) >= 11 is 1.38. The van der Waals surface area contributed by atoms with Crippen molar-refractivity contribution in [3.8, 4) is 10.6 Å². The summed E-state index contributed by atoms with van der Waals surface area (Å²) in [5.74, 6) is 0.0898. The second-order valence-corrected chi connectivity index (χ2v) is 6.65. The second kappa shape index (κ2) is 6.68. The first kappa shape index (κ1) is 16.4. The standard InChI is InChI=1S/C19H14FN3O2S/c1-11-21-16-8-14(5-6-17(16)25-11)22-18(24)9-15-10-26-19(23-15)12-3-2-4-13(20)7-12/h2-8,10H,9H2,1H3,(H,22,24). The number of fused-ring (bicyclic) bond motifs is 1. The number of aryl methyl sites for hydroxylation is 1. The molecule has 0 fully saturated rings. The lowest BCUT2D eigenvalue weighted by Crippen LogP contribution is -2.14. The van der Waals surface area contributed by atoms with Gasteiger partial charge in [-0.1, -0.05) is 12.1 Å². The number of anilines is 1. The van der Waals surface area contributed by atoms with E-state index in [1.54, 1.807) is 37.3 Å². The largest absolute Gasteiger partial charge is 0.441 e. The summed E-state index contributed by atoms with van der Waals surface area (Å²) in [6, 6.07) is 11.6. The van der Waals surface area contributed by atoms with E-state index in [2.05, 4.69) is 15.3 Å². The molecule has 1 amide bonds. The molecule has 7 heteroatoms. The van der Waals surface area contributed by atoms with Crippen LogP contribution in [-0.4, -0.2) is 15.9 Å². The number of thiazole rings is 1. The smallest absolute Gasteiger partial charge is 0.230 e. The number of nitrogens with one attached hydrogen (secondary N) is 1. The van der Waals surface area contributed by atoms with Crippen LogP contribution in [-0.2, 0) is 11.2 Å². The third-order valence-electron chi connectivity index (χ3n) is 3.74. The number of hydrogen-bond donors (Lipinski definition) is 1. The van der Waals surface area contributed by atoms with E-state index in [0.29, 0.717) is 38.9 Å². The molecule has 2 aromatic carbocycles. The van der Waals surface area contributed by atoms with Crippen molar-refractivity contribution in [2.24, 2.45) is 0 Å². The van der Waals surface area contributed by atoms with E-state index in [1.165, 1.54) is 23.5 Å². The number of aromatic nitrogens is 2. The highest BCUT2D eigenvalue weighted by Crippen LogP contribution is 2.25. The molecule has 0 aliphatic rings. The van der Waals surface area contributed by atoms with Crippen molar-refractivity contribution in [1.29, 1.82) is 0 Å². The minimum Gasteiger partial charge on any atom is -0.441 e. The highest BCUT2D eigenvalue weighted by Gasteiger charge is 2.11. The van der Waals surface area contributed by atoms with Crippen molar-refractivity contribution in [2.75, 3.05) is 5.32 Å². The molecule has 1 N–H and O–H groups in total. The molecule has 4 aromatic rings. The number of oxazole rings is 1. The normalized spacial score (nSPS) is 11.0. The van der Waals surface area contributed by atoms with Gasteiger partial charge in [0.05, 0.1) is 12.1 Å². The Morgan fingerprint density at radius 3 is 2.96 bits per heavy atom. The van der Waals surface area contributed by atoms with E-state index < -0.39 is 0 Å². The molecule has 130 valence electrons. The van der Waals surface area contributed by atoms with Crippen LogP contribution in [0.3, 0.4) is 0 Å². The summed E-state index contributed by atoms with van der Waals surface area (Å²) in [6.07, 6.45) is 0.141. The number of hydrogen-bond acceptors (Lipinski definition) is 5. The number of rotatable bonds is 4. The van der Waals surface area contributed by atoms with Gasteiger partial charge in [-0.15, -0.1) is 11.3 Å². The monoisotopic (exact) mass is 367 g/mol. The van der Waals surface area contributed by atoms with E-state index >= 15 is 0 Å². The van der Waals surface area contributed by atoms with E-state index in [0.717, 1.165) is 0 Å². The van der Waals surface area contributed by atoms with Crippen LogP contribution in [0.25, 0.3) is 21.7 Å². The number of nitrogens with zero attached hydrogens (tertiary/aromatic N) is 2. The number of benzene rings is 2. The Bertz CT molecular complexity index is 1100. The van der Waals surface area contributed by atoms with E-state index in [-0.39, 0.29) is 18.1 Å². The molecule has 0 saturated heterocycles. The van der Waals surface area contributed by atoms with Gasteiger partial charge in [0.25, 0.3) is 0 Å². The van der Waals surface area contributed by atoms with Crippen LogP contribution >= 0.6 is 11.3 Å². The SMILES string of the molecule is Cc1nc2cc(NC(=O)Cc3csc(-c4cccc(F)c4)n3)ccc2o1. The van der Waals surface area contributed by atoms with Gasteiger partial charge in [-0.25, -0.2) is 14.4 Å². The topological polar surface area (TPSA) is 68.0 Å². The summed E-state index contributed by atoms with van der Waals surface area (Å²) in [6.45, 7) is 1.77. The maximum atomic E-state index is 13.3. The molecule has 0 aliphatic heterocycles. The van der Waals surface area contributed by atoms with Crippen LogP contribution in [0.4, 0.5) is 10.1 Å². The summed E-state index contributed by atoms with van der Waals surface area (Å²) in [4.78, 5) is 20.9. The van der Waals surface area contributed by atoms with Crippen molar-refractivity contribution in [2.45, 2.75) is 13.3 Å². The number of carbonyl (C=O) groups is 1. The molecule has 0 unspecified atom stereocenters. The van der Waals surface area contributed by atoms with Crippen molar-refractivity contribution >= 4 is 34.0 Å². The number of carbonyl (C=O) groups excluding carboxylic acids is 1. The van der Waals surface area contributed by atoms with Gasteiger partial charge >= 0.3 is 0 Å². The van der Waals surface area contributed by atoms with Crippen LogP contribution in [0, 0.1) is 12.7 Å². The molecule has 0 aliphatic carbocycles. The molecular weight excluding hydrogens is 353 g/mol. The summed E-state index contributed by atoms with van der Waals surface area (Å²) in [5, 5.41) is 5.33. The molecule has 5 nitrogen and oxygen atoms in total. The van der Waals surface area contributed by atoms with E-state index in [4.69, 9.17) is 4.42 Å². The first-order valence-corrected chi connectivity index (χ1v) is 8.82. The predicted octanol–water partition coefficient (Wildman–Crippen LogP) is 4.58. The molecule has 0 saturated carbocycles. The fourth-order valence-corrected chi connectivity index (χ4v) is 3.45. The molecule has 0 bridgehead atoms. The van der Waals surface area contributed by atoms with Crippen LogP contribution in [0.2, 0.25) is 0 Å². The van der Waals surface area contributed by atoms with E-state index in [1.807, 2.05) is 5.38 Å². The Morgan fingerprint density at radius 1 is 1.23 bits per heavy atom. The lowest BCUT2D eigenvalue weighted by Gasteiger charge is -2.03. The van der Waals surface area contributed by atoms with Crippen LogP contribution in [0.1, 0.15) is 11.6 Å². The highest BCUT2D eigenvalue weighted by molar-refractivity contribution is 7.13. The molecule has 26 heavy (non-hydrogen) atoms. The van der Waals surface area contributed by atoms with Crippen LogP contribution in [0.15, 0.2) is 52.3 Å². The first-order valence-electron chi connectivity index (χ1n) is 7.94. The molecule has 4 rings (SSSR count). The fourth-order valence-electron chi connectivity index (χ4n) is 2.63. The first-order chi connectivity index (χ1) is 12.6. The summed E-state index contributed by atoms with van der Waals surface area (Å²) in [5.41, 5.74) is 3.37. The van der Waals surface area contributed by atoms with Crippen molar-refractivity contribution in [3.63, 3.8) is 0 Å². The Hall–Kier alpha value is -3.06. The summed E-state index contributed by atoms with van der Waals surface area (Å²) < 4.78 is 18.7. The van der Waals surface area contributed by atoms with Crippen LogP contribution < -0.4 is 5.32 Å². The van der Waals surface area contributed by atoms with Gasteiger partial charge in [0, 0.05) is 23.6 Å².